The highest BCUT2D eigenvalue weighted by atomic mass is 16.2. The molecular weight excluding hydrogens is 214 g/mol. The number of nitrogens with zero attached hydrogens (tertiary/aromatic N) is 2. The van der Waals surface area contributed by atoms with Crippen molar-refractivity contribution in [3.8, 4) is 0 Å². The van der Waals surface area contributed by atoms with Crippen LogP contribution in [0.4, 0.5) is 4.79 Å². The van der Waals surface area contributed by atoms with Crippen LogP contribution in [-0.4, -0.2) is 54.6 Å². The molecule has 2 fully saturated rings. The van der Waals surface area contributed by atoms with Gasteiger partial charge >= 0.3 is 6.03 Å². The van der Waals surface area contributed by atoms with Crippen LogP contribution in [0.5, 0.6) is 0 Å². The minimum absolute atomic E-state index is 0.159. The van der Waals surface area contributed by atoms with Gasteiger partial charge in [-0.15, -0.1) is 0 Å². The van der Waals surface area contributed by atoms with Crippen molar-refractivity contribution in [1.29, 1.82) is 0 Å². The number of amides is 2. The number of hydrogen-bond donors (Lipinski definition) is 1. The number of carbonyl (C=O) groups excluding carboxylic acids is 1. The van der Waals surface area contributed by atoms with Crippen molar-refractivity contribution in [2.45, 2.75) is 51.1 Å². The number of piperidine rings is 2. The van der Waals surface area contributed by atoms with E-state index in [1.54, 1.807) is 0 Å². The number of nitrogens with one attached hydrogen (secondary N) is 1. The Morgan fingerprint density at radius 2 is 1.88 bits per heavy atom. The van der Waals surface area contributed by atoms with E-state index in [-0.39, 0.29) is 6.03 Å². The molecule has 17 heavy (non-hydrogen) atoms. The normalized spacial score (nSPS) is 31.3. The van der Waals surface area contributed by atoms with E-state index in [0.717, 1.165) is 45.3 Å². The Hall–Kier alpha value is -0.770. The van der Waals surface area contributed by atoms with Crippen LogP contribution >= 0.6 is 0 Å². The molecule has 0 aliphatic carbocycles. The van der Waals surface area contributed by atoms with Crippen LogP contribution in [0.3, 0.4) is 0 Å². The first-order valence-electron chi connectivity index (χ1n) is 6.92. The Labute approximate surface area is 104 Å². The first kappa shape index (κ1) is 12.7. The maximum absolute atomic E-state index is 12.1. The summed E-state index contributed by atoms with van der Waals surface area (Å²) in [6, 6.07) is 1.11. The topological polar surface area (TPSA) is 35.6 Å². The molecule has 0 saturated carbocycles. The summed E-state index contributed by atoms with van der Waals surface area (Å²) in [5.74, 6) is 0. The summed E-state index contributed by atoms with van der Waals surface area (Å²) >= 11 is 0. The number of urea groups is 1. The van der Waals surface area contributed by atoms with Gasteiger partial charge in [0.2, 0.25) is 0 Å². The van der Waals surface area contributed by atoms with Gasteiger partial charge in [0.1, 0.15) is 0 Å². The first-order chi connectivity index (χ1) is 8.16. The molecule has 0 radical (unpaired) electrons. The van der Waals surface area contributed by atoms with Crippen molar-refractivity contribution < 1.29 is 4.79 Å². The van der Waals surface area contributed by atoms with E-state index in [0.29, 0.717) is 12.1 Å². The van der Waals surface area contributed by atoms with Crippen LogP contribution in [0.15, 0.2) is 0 Å². The quantitative estimate of drug-likeness (QED) is 0.755. The minimum atomic E-state index is 0.159. The van der Waals surface area contributed by atoms with Crippen LogP contribution < -0.4 is 5.32 Å². The van der Waals surface area contributed by atoms with Gasteiger partial charge in [-0.1, -0.05) is 0 Å². The van der Waals surface area contributed by atoms with Crippen LogP contribution in [0.1, 0.15) is 39.0 Å². The fourth-order valence-electron chi connectivity index (χ4n) is 2.78. The Morgan fingerprint density at radius 3 is 2.53 bits per heavy atom. The molecule has 0 aromatic carbocycles. The van der Waals surface area contributed by atoms with Gasteiger partial charge in [-0.2, -0.15) is 0 Å². The molecule has 1 N–H and O–H groups in total. The number of hydrogen-bond acceptors (Lipinski definition) is 2. The van der Waals surface area contributed by atoms with Crippen molar-refractivity contribution >= 4 is 6.03 Å². The van der Waals surface area contributed by atoms with E-state index in [1.807, 2.05) is 4.90 Å². The highest BCUT2D eigenvalue weighted by Crippen LogP contribution is 2.16. The predicted molar refractivity (Wildman–Crippen MR) is 69.1 cm³/mol. The van der Waals surface area contributed by atoms with Gasteiger partial charge in [-0.05, 0) is 46.1 Å². The summed E-state index contributed by atoms with van der Waals surface area (Å²) in [6.07, 6.45) is 5.76. The lowest BCUT2D eigenvalue weighted by Gasteiger charge is -2.36. The van der Waals surface area contributed by atoms with E-state index in [2.05, 4.69) is 24.2 Å². The van der Waals surface area contributed by atoms with Crippen LogP contribution in [0.25, 0.3) is 0 Å². The van der Waals surface area contributed by atoms with Gasteiger partial charge in [-0.3, -0.25) is 0 Å². The summed E-state index contributed by atoms with van der Waals surface area (Å²) in [5, 5.41) is 3.20. The molecule has 2 heterocycles. The molecule has 2 saturated heterocycles. The molecule has 4 heteroatoms. The van der Waals surface area contributed by atoms with Crippen molar-refractivity contribution in [1.82, 2.24) is 15.1 Å². The summed E-state index contributed by atoms with van der Waals surface area (Å²) in [6.45, 7) is 5.20. The predicted octanol–water partition coefficient (Wildman–Crippen LogP) is 1.66. The molecule has 0 bridgehead atoms. The summed E-state index contributed by atoms with van der Waals surface area (Å²) in [4.78, 5) is 16.4. The van der Waals surface area contributed by atoms with E-state index in [9.17, 15) is 4.79 Å². The van der Waals surface area contributed by atoms with Gasteiger partial charge < -0.3 is 15.1 Å². The summed E-state index contributed by atoms with van der Waals surface area (Å²) < 4.78 is 0. The zero-order valence-electron chi connectivity index (χ0n) is 11.1. The standard InChI is InChI=1S/C13H25N3O/c1-11-10-12(6-9-15(11)2)14-13(17)16-7-4-3-5-8-16/h11-12H,3-10H2,1-2H3,(H,14,17). The highest BCUT2D eigenvalue weighted by molar-refractivity contribution is 5.74. The van der Waals surface area contributed by atoms with Crippen molar-refractivity contribution in [2.75, 3.05) is 26.7 Å². The lowest BCUT2D eigenvalue weighted by molar-refractivity contribution is 0.151. The van der Waals surface area contributed by atoms with E-state index in [4.69, 9.17) is 0 Å². The van der Waals surface area contributed by atoms with Crippen LogP contribution in [0, 0.1) is 0 Å². The number of carbonyl (C=O) groups is 1. The Balaban J connectivity index is 1.78. The van der Waals surface area contributed by atoms with Gasteiger partial charge in [0, 0.05) is 31.7 Å². The van der Waals surface area contributed by atoms with Crippen LogP contribution in [0.2, 0.25) is 0 Å². The summed E-state index contributed by atoms with van der Waals surface area (Å²) in [7, 11) is 2.16. The number of likely N-dealkylation sites (tertiary alicyclic amines) is 2. The third-order valence-electron chi connectivity index (χ3n) is 4.18. The molecule has 2 aliphatic heterocycles. The lowest BCUT2D eigenvalue weighted by atomic mass is 9.99. The average molecular weight is 239 g/mol. The van der Waals surface area contributed by atoms with Gasteiger partial charge in [0.05, 0.1) is 0 Å². The Bertz CT molecular complexity index is 263. The molecule has 0 aromatic rings. The molecule has 98 valence electrons. The number of rotatable bonds is 1. The maximum Gasteiger partial charge on any atom is 0.317 e. The van der Waals surface area contributed by atoms with Crippen molar-refractivity contribution in [2.24, 2.45) is 0 Å². The second-order valence-corrected chi connectivity index (χ2v) is 5.55. The second-order valence-electron chi connectivity index (χ2n) is 5.55. The zero-order valence-corrected chi connectivity index (χ0v) is 11.1. The smallest absolute Gasteiger partial charge is 0.317 e. The molecule has 0 aromatic heterocycles. The van der Waals surface area contributed by atoms with E-state index >= 15 is 0 Å². The fourth-order valence-corrected chi connectivity index (χ4v) is 2.78. The van der Waals surface area contributed by atoms with Crippen molar-refractivity contribution in [3.05, 3.63) is 0 Å². The zero-order chi connectivity index (χ0) is 12.3. The maximum atomic E-state index is 12.1. The molecule has 2 amide bonds. The highest BCUT2D eigenvalue weighted by Gasteiger charge is 2.25. The van der Waals surface area contributed by atoms with E-state index < -0.39 is 0 Å². The monoisotopic (exact) mass is 239 g/mol. The fraction of sp³-hybridized carbons (Fsp3) is 0.923. The summed E-state index contributed by atoms with van der Waals surface area (Å²) in [5.41, 5.74) is 0. The second kappa shape index (κ2) is 5.71. The molecular formula is C13H25N3O. The largest absolute Gasteiger partial charge is 0.335 e. The molecule has 2 atom stereocenters. The molecule has 0 spiro atoms. The van der Waals surface area contributed by atoms with Gasteiger partial charge in [0.15, 0.2) is 0 Å². The molecule has 4 nitrogen and oxygen atoms in total. The Morgan fingerprint density at radius 1 is 1.18 bits per heavy atom. The molecule has 2 aliphatic rings. The van der Waals surface area contributed by atoms with Crippen LogP contribution in [-0.2, 0) is 0 Å². The third kappa shape index (κ3) is 3.35. The SMILES string of the molecule is CC1CC(NC(=O)N2CCCCC2)CCN1C. The average Bonchev–Trinajstić information content (AvgIpc) is 2.35. The van der Waals surface area contributed by atoms with Crippen molar-refractivity contribution in [3.63, 3.8) is 0 Å². The third-order valence-corrected chi connectivity index (χ3v) is 4.18. The molecule has 2 rings (SSSR count). The first-order valence-corrected chi connectivity index (χ1v) is 6.92. The minimum Gasteiger partial charge on any atom is -0.335 e. The van der Waals surface area contributed by atoms with Gasteiger partial charge in [-0.25, -0.2) is 4.79 Å². The lowest BCUT2D eigenvalue weighted by Crippen LogP contribution is -2.51. The van der Waals surface area contributed by atoms with E-state index in [1.165, 1.54) is 6.42 Å². The van der Waals surface area contributed by atoms with Gasteiger partial charge in [0.25, 0.3) is 0 Å². The molecule has 2 unspecified atom stereocenters. The Kier molecular flexibility index (Phi) is 4.26.